The van der Waals surface area contributed by atoms with E-state index in [1.54, 1.807) is 0 Å². The fraction of sp³-hybridized carbons (Fsp3) is 0.857. The Morgan fingerprint density at radius 2 is 2.35 bits per heavy atom. The Kier molecular flexibility index (Phi) is 6.78. The van der Waals surface area contributed by atoms with Gasteiger partial charge in [0.05, 0.1) is 12.7 Å². The molecule has 0 aromatic carbocycles. The molecular formula is C14H28N2O. The Bertz CT molecular complexity index is 230. The summed E-state index contributed by atoms with van der Waals surface area (Å²) >= 11 is 0. The van der Waals surface area contributed by atoms with E-state index in [4.69, 9.17) is 4.74 Å². The topological polar surface area (TPSA) is 24.5 Å². The highest BCUT2D eigenvalue weighted by Crippen LogP contribution is 2.14. The summed E-state index contributed by atoms with van der Waals surface area (Å²) in [6, 6.07) is 0.467. The van der Waals surface area contributed by atoms with Crippen LogP contribution >= 0.6 is 0 Å². The molecule has 0 aliphatic carbocycles. The predicted molar refractivity (Wildman–Crippen MR) is 73.4 cm³/mol. The van der Waals surface area contributed by atoms with Gasteiger partial charge in [-0.2, -0.15) is 0 Å². The lowest BCUT2D eigenvalue weighted by atomic mass is 10.0. The summed E-state index contributed by atoms with van der Waals surface area (Å²) in [5.41, 5.74) is 1.26. The van der Waals surface area contributed by atoms with Crippen LogP contribution in [0, 0.1) is 0 Å². The number of morpholine rings is 1. The summed E-state index contributed by atoms with van der Waals surface area (Å²) < 4.78 is 5.91. The van der Waals surface area contributed by atoms with Crippen LogP contribution in [0.2, 0.25) is 0 Å². The second-order valence-electron chi connectivity index (χ2n) is 5.23. The molecule has 0 radical (unpaired) electrons. The van der Waals surface area contributed by atoms with Crippen LogP contribution in [0.25, 0.3) is 0 Å². The van der Waals surface area contributed by atoms with E-state index in [0.717, 1.165) is 39.1 Å². The summed E-state index contributed by atoms with van der Waals surface area (Å²) in [6.07, 6.45) is 3.73. The van der Waals surface area contributed by atoms with Gasteiger partial charge in [-0.15, -0.1) is 6.58 Å². The van der Waals surface area contributed by atoms with Crippen LogP contribution in [-0.2, 0) is 4.74 Å². The summed E-state index contributed by atoms with van der Waals surface area (Å²) in [7, 11) is 2.17. The van der Waals surface area contributed by atoms with E-state index in [0.29, 0.717) is 12.1 Å². The van der Waals surface area contributed by atoms with Crippen molar-refractivity contribution in [1.82, 2.24) is 10.2 Å². The second-order valence-corrected chi connectivity index (χ2v) is 5.23. The van der Waals surface area contributed by atoms with Gasteiger partial charge >= 0.3 is 0 Å². The molecule has 0 amide bonds. The molecule has 1 aliphatic rings. The maximum atomic E-state index is 5.91. The minimum Gasteiger partial charge on any atom is -0.374 e. The van der Waals surface area contributed by atoms with Crippen LogP contribution < -0.4 is 5.32 Å². The van der Waals surface area contributed by atoms with Crippen LogP contribution in [0.5, 0.6) is 0 Å². The van der Waals surface area contributed by atoms with Crippen molar-refractivity contribution in [2.45, 2.75) is 45.3 Å². The highest BCUT2D eigenvalue weighted by atomic mass is 16.5. The van der Waals surface area contributed by atoms with Gasteiger partial charge in [-0.25, -0.2) is 0 Å². The fourth-order valence-corrected chi connectivity index (χ4v) is 2.21. The maximum Gasteiger partial charge on any atom is 0.0855 e. The monoisotopic (exact) mass is 240 g/mol. The van der Waals surface area contributed by atoms with Crippen LogP contribution in [-0.4, -0.2) is 50.3 Å². The van der Waals surface area contributed by atoms with Crippen molar-refractivity contribution in [3.63, 3.8) is 0 Å². The van der Waals surface area contributed by atoms with Crippen molar-refractivity contribution in [2.75, 3.05) is 33.3 Å². The van der Waals surface area contributed by atoms with Crippen LogP contribution in [0.1, 0.15) is 33.1 Å². The van der Waals surface area contributed by atoms with E-state index < -0.39 is 0 Å². The third-order valence-electron chi connectivity index (χ3n) is 3.28. The highest BCUT2D eigenvalue weighted by Gasteiger charge is 2.25. The first-order valence-corrected chi connectivity index (χ1v) is 6.81. The molecule has 1 aliphatic heterocycles. The van der Waals surface area contributed by atoms with Gasteiger partial charge in [-0.05, 0) is 39.8 Å². The molecule has 0 bridgehead atoms. The van der Waals surface area contributed by atoms with E-state index in [-0.39, 0.29) is 0 Å². The van der Waals surface area contributed by atoms with Crippen molar-refractivity contribution in [3.8, 4) is 0 Å². The Hall–Kier alpha value is -0.380. The standard InChI is InChI=1S/C14H28N2O/c1-5-8-15-13(7-6-12(2)3)14-11-16(4)9-10-17-14/h13-15H,2,5-11H2,1,3-4H3. The number of ether oxygens (including phenoxy) is 1. The summed E-state index contributed by atoms with van der Waals surface area (Å²) in [5, 5.41) is 3.62. The minimum absolute atomic E-state index is 0.333. The van der Waals surface area contributed by atoms with Crippen molar-refractivity contribution >= 4 is 0 Å². The lowest BCUT2D eigenvalue weighted by molar-refractivity contribution is -0.0397. The molecule has 0 saturated carbocycles. The Morgan fingerprint density at radius 1 is 1.59 bits per heavy atom. The molecule has 2 atom stereocenters. The molecule has 0 aromatic heterocycles. The van der Waals surface area contributed by atoms with Gasteiger partial charge < -0.3 is 15.0 Å². The molecule has 1 saturated heterocycles. The van der Waals surface area contributed by atoms with Gasteiger partial charge in [-0.3, -0.25) is 0 Å². The molecule has 17 heavy (non-hydrogen) atoms. The quantitative estimate of drug-likeness (QED) is 0.689. The van der Waals surface area contributed by atoms with E-state index in [9.17, 15) is 0 Å². The molecule has 1 N–H and O–H groups in total. The van der Waals surface area contributed by atoms with Gasteiger partial charge in [0, 0.05) is 19.1 Å². The Morgan fingerprint density at radius 3 is 2.94 bits per heavy atom. The SMILES string of the molecule is C=C(C)CCC(NCCC)C1CN(C)CCO1. The summed E-state index contributed by atoms with van der Waals surface area (Å²) in [4.78, 5) is 2.36. The molecule has 1 rings (SSSR count). The van der Waals surface area contributed by atoms with E-state index in [1.807, 2.05) is 0 Å². The van der Waals surface area contributed by atoms with Crippen molar-refractivity contribution < 1.29 is 4.74 Å². The normalized spacial score (nSPS) is 23.6. The smallest absolute Gasteiger partial charge is 0.0855 e. The molecule has 100 valence electrons. The number of nitrogens with zero attached hydrogens (tertiary/aromatic N) is 1. The number of likely N-dealkylation sites (N-methyl/N-ethyl adjacent to an activating group) is 1. The van der Waals surface area contributed by atoms with Crippen LogP contribution in [0.3, 0.4) is 0 Å². The largest absolute Gasteiger partial charge is 0.374 e. The zero-order chi connectivity index (χ0) is 12.7. The molecular weight excluding hydrogens is 212 g/mol. The zero-order valence-electron chi connectivity index (χ0n) is 11.7. The molecule has 1 fully saturated rings. The van der Waals surface area contributed by atoms with E-state index >= 15 is 0 Å². The highest BCUT2D eigenvalue weighted by molar-refractivity contribution is 4.92. The lowest BCUT2D eigenvalue weighted by Gasteiger charge is -2.35. The Labute approximate surface area is 106 Å². The number of hydrogen-bond acceptors (Lipinski definition) is 3. The third-order valence-corrected chi connectivity index (χ3v) is 3.28. The fourth-order valence-electron chi connectivity index (χ4n) is 2.21. The van der Waals surface area contributed by atoms with Crippen LogP contribution in [0.4, 0.5) is 0 Å². The van der Waals surface area contributed by atoms with Gasteiger partial charge in [0.25, 0.3) is 0 Å². The van der Waals surface area contributed by atoms with Gasteiger partial charge in [0.15, 0.2) is 0 Å². The molecule has 2 unspecified atom stereocenters. The minimum atomic E-state index is 0.333. The molecule has 3 nitrogen and oxygen atoms in total. The van der Waals surface area contributed by atoms with E-state index in [1.165, 1.54) is 12.0 Å². The number of nitrogens with one attached hydrogen (secondary N) is 1. The van der Waals surface area contributed by atoms with E-state index in [2.05, 4.69) is 37.7 Å². The van der Waals surface area contributed by atoms with Crippen molar-refractivity contribution in [3.05, 3.63) is 12.2 Å². The number of allylic oxidation sites excluding steroid dienone is 1. The average molecular weight is 240 g/mol. The van der Waals surface area contributed by atoms with Gasteiger partial charge in [-0.1, -0.05) is 12.5 Å². The van der Waals surface area contributed by atoms with Gasteiger partial charge in [0.2, 0.25) is 0 Å². The van der Waals surface area contributed by atoms with Crippen molar-refractivity contribution in [1.29, 1.82) is 0 Å². The lowest BCUT2D eigenvalue weighted by Crippen LogP contribution is -2.51. The van der Waals surface area contributed by atoms with Crippen molar-refractivity contribution in [2.24, 2.45) is 0 Å². The zero-order valence-corrected chi connectivity index (χ0v) is 11.7. The molecule has 3 heteroatoms. The molecule has 0 spiro atoms. The average Bonchev–Trinajstić information content (AvgIpc) is 2.29. The third kappa shape index (κ3) is 5.66. The Balaban J connectivity index is 2.44. The summed E-state index contributed by atoms with van der Waals surface area (Å²) in [6.45, 7) is 12.3. The van der Waals surface area contributed by atoms with Gasteiger partial charge in [0.1, 0.15) is 0 Å². The maximum absolute atomic E-state index is 5.91. The number of rotatable bonds is 7. The first-order chi connectivity index (χ1) is 8.13. The van der Waals surface area contributed by atoms with Crippen LogP contribution in [0.15, 0.2) is 12.2 Å². The second kappa shape index (κ2) is 7.85. The first-order valence-electron chi connectivity index (χ1n) is 6.81. The summed E-state index contributed by atoms with van der Waals surface area (Å²) in [5.74, 6) is 0. The number of hydrogen-bond donors (Lipinski definition) is 1. The first kappa shape index (κ1) is 14.7. The predicted octanol–water partition coefficient (Wildman–Crippen LogP) is 2.04. The molecule has 0 aromatic rings. The molecule has 1 heterocycles.